The fourth-order valence-corrected chi connectivity index (χ4v) is 1.58. The van der Waals surface area contributed by atoms with Crippen molar-refractivity contribution in [1.82, 2.24) is 4.98 Å². The number of halogens is 4. The SMILES string of the molecule is C/C(=N\Nc1ccc(C(F)(F)F)cn1)c1ccccc1F. The topological polar surface area (TPSA) is 37.3 Å². The van der Waals surface area contributed by atoms with Gasteiger partial charge in [0, 0.05) is 11.8 Å². The van der Waals surface area contributed by atoms with Crippen LogP contribution in [0.5, 0.6) is 0 Å². The third kappa shape index (κ3) is 3.77. The molecule has 0 aliphatic heterocycles. The summed E-state index contributed by atoms with van der Waals surface area (Å²) in [5, 5.41) is 3.90. The van der Waals surface area contributed by atoms with Crippen molar-refractivity contribution >= 4 is 11.5 Å². The molecule has 0 saturated carbocycles. The average Bonchev–Trinajstić information content (AvgIpc) is 2.45. The minimum absolute atomic E-state index is 0.138. The molecule has 7 heteroatoms. The predicted molar refractivity (Wildman–Crippen MR) is 71.5 cm³/mol. The van der Waals surface area contributed by atoms with Gasteiger partial charge in [0.05, 0.1) is 11.3 Å². The number of hydrogen-bond donors (Lipinski definition) is 1. The lowest BCUT2D eigenvalue weighted by Crippen LogP contribution is -2.06. The van der Waals surface area contributed by atoms with Crippen LogP contribution in [0.25, 0.3) is 0 Å². The van der Waals surface area contributed by atoms with Gasteiger partial charge in [-0.1, -0.05) is 18.2 Å². The zero-order chi connectivity index (χ0) is 15.5. The molecule has 0 unspecified atom stereocenters. The molecule has 3 nitrogen and oxygen atoms in total. The molecule has 1 aromatic carbocycles. The quantitative estimate of drug-likeness (QED) is 0.526. The highest BCUT2D eigenvalue weighted by Gasteiger charge is 2.30. The number of hydrogen-bond acceptors (Lipinski definition) is 3. The Kier molecular flexibility index (Phi) is 4.21. The van der Waals surface area contributed by atoms with Gasteiger partial charge in [0.2, 0.25) is 0 Å². The van der Waals surface area contributed by atoms with E-state index in [1.54, 1.807) is 25.1 Å². The highest BCUT2D eigenvalue weighted by atomic mass is 19.4. The number of anilines is 1. The van der Waals surface area contributed by atoms with Crippen molar-refractivity contribution in [1.29, 1.82) is 0 Å². The average molecular weight is 297 g/mol. The lowest BCUT2D eigenvalue weighted by Gasteiger charge is -2.07. The van der Waals surface area contributed by atoms with E-state index in [-0.39, 0.29) is 5.82 Å². The summed E-state index contributed by atoms with van der Waals surface area (Å²) in [5.41, 5.74) is 2.31. The number of pyridine rings is 1. The van der Waals surface area contributed by atoms with Crippen LogP contribution >= 0.6 is 0 Å². The van der Waals surface area contributed by atoms with Crippen LogP contribution in [0.1, 0.15) is 18.1 Å². The zero-order valence-electron chi connectivity index (χ0n) is 10.9. The molecule has 0 aliphatic rings. The molecule has 1 aromatic heterocycles. The lowest BCUT2D eigenvalue weighted by atomic mass is 10.1. The maximum absolute atomic E-state index is 13.5. The summed E-state index contributed by atoms with van der Waals surface area (Å²) in [4.78, 5) is 3.60. The van der Waals surface area contributed by atoms with Crippen molar-refractivity contribution < 1.29 is 17.6 Å². The Morgan fingerprint density at radius 3 is 2.43 bits per heavy atom. The Hall–Kier alpha value is -2.44. The largest absolute Gasteiger partial charge is 0.417 e. The molecule has 0 spiro atoms. The van der Waals surface area contributed by atoms with Crippen molar-refractivity contribution in [2.75, 3.05) is 5.43 Å². The van der Waals surface area contributed by atoms with Crippen molar-refractivity contribution in [2.24, 2.45) is 5.10 Å². The van der Waals surface area contributed by atoms with Crippen LogP contribution < -0.4 is 5.43 Å². The Balaban J connectivity index is 2.12. The molecule has 2 aromatic rings. The number of aromatic nitrogens is 1. The van der Waals surface area contributed by atoms with E-state index in [4.69, 9.17) is 0 Å². The van der Waals surface area contributed by atoms with Crippen molar-refractivity contribution in [3.63, 3.8) is 0 Å². The second-order valence-electron chi connectivity index (χ2n) is 4.22. The number of alkyl halides is 3. The number of hydrazone groups is 1. The summed E-state index contributed by atoms with van der Waals surface area (Å²) >= 11 is 0. The minimum atomic E-state index is -4.43. The van der Waals surface area contributed by atoms with Gasteiger partial charge in [0.15, 0.2) is 0 Å². The van der Waals surface area contributed by atoms with Crippen LogP contribution in [0.2, 0.25) is 0 Å². The molecule has 110 valence electrons. The highest BCUT2D eigenvalue weighted by molar-refractivity contribution is 5.99. The van der Waals surface area contributed by atoms with Gasteiger partial charge < -0.3 is 0 Å². The molecule has 0 saturated heterocycles. The molecule has 0 fully saturated rings. The molecule has 0 bridgehead atoms. The van der Waals surface area contributed by atoms with Gasteiger partial charge in [-0.2, -0.15) is 18.3 Å². The smallest absolute Gasteiger partial charge is 0.261 e. The normalized spacial score (nSPS) is 12.3. The summed E-state index contributed by atoms with van der Waals surface area (Å²) in [6.07, 6.45) is -3.73. The number of nitrogens with one attached hydrogen (secondary N) is 1. The zero-order valence-corrected chi connectivity index (χ0v) is 10.9. The van der Waals surface area contributed by atoms with E-state index in [0.717, 1.165) is 12.1 Å². The molecule has 0 atom stereocenters. The van der Waals surface area contributed by atoms with Crippen molar-refractivity contribution in [2.45, 2.75) is 13.1 Å². The van der Waals surface area contributed by atoms with E-state index in [1.807, 2.05) is 0 Å². The second-order valence-corrected chi connectivity index (χ2v) is 4.22. The molecule has 1 N–H and O–H groups in total. The summed E-state index contributed by atoms with van der Waals surface area (Å²) in [7, 11) is 0. The first kappa shape index (κ1) is 15.0. The van der Waals surface area contributed by atoms with Crippen LogP contribution in [-0.4, -0.2) is 10.7 Å². The molecule has 0 aliphatic carbocycles. The summed E-state index contributed by atoms with van der Waals surface area (Å²) in [6.45, 7) is 1.58. The van der Waals surface area contributed by atoms with Gasteiger partial charge in [-0.3, -0.25) is 5.43 Å². The molecule has 2 rings (SSSR count). The number of benzene rings is 1. The van der Waals surface area contributed by atoms with Gasteiger partial charge in [-0.25, -0.2) is 9.37 Å². The van der Waals surface area contributed by atoms with E-state index >= 15 is 0 Å². The van der Waals surface area contributed by atoms with Gasteiger partial charge in [0.25, 0.3) is 0 Å². The van der Waals surface area contributed by atoms with Crippen LogP contribution in [0, 0.1) is 5.82 Å². The maximum atomic E-state index is 13.5. The summed E-state index contributed by atoms with van der Waals surface area (Å²) in [6, 6.07) is 8.11. The van der Waals surface area contributed by atoms with Gasteiger partial charge in [-0.15, -0.1) is 0 Å². The lowest BCUT2D eigenvalue weighted by molar-refractivity contribution is -0.137. The van der Waals surface area contributed by atoms with Crippen molar-refractivity contribution in [3.05, 3.63) is 59.5 Å². The third-order valence-electron chi connectivity index (χ3n) is 2.69. The number of rotatable bonds is 3. The minimum Gasteiger partial charge on any atom is -0.261 e. The van der Waals surface area contributed by atoms with Gasteiger partial charge >= 0.3 is 6.18 Å². The molecular formula is C14H11F4N3. The third-order valence-corrected chi connectivity index (χ3v) is 2.69. The fourth-order valence-electron chi connectivity index (χ4n) is 1.58. The van der Waals surface area contributed by atoms with E-state index in [9.17, 15) is 17.6 Å². The van der Waals surface area contributed by atoms with E-state index in [0.29, 0.717) is 17.5 Å². The van der Waals surface area contributed by atoms with E-state index in [2.05, 4.69) is 15.5 Å². The standard InChI is InChI=1S/C14H11F4N3/c1-9(11-4-2-3-5-12(11)15)20-21-13-7-6-10(8-19-13)14(16,17)18/h2-8H,1H3,(H,19,21)/b20-9+. The van der Waals surface area contributed by atoms with Crippen LogP contribution in [0.4, 0.5) is 23.4 Å². The Morgan fingerprint density at radius 1 is 1.14 bits per heavy atom. The van der Waals surface area contributed by atoms with E-state index < -0.39 is 17.6 Å². The predicted octanol–water partition coefficient (Wildman–Crippen LogP) is 4.08. The molecule has 0 amide bonds. The Labute approximate surface area is 118 Å². The maximum Gasteiger partial charge on any atom is 0.417 e. The molecule has 0 radical (unpaired) electrons. The van der Waals surface area contributed by atoms with Gasteiger partial charge in [-0.05, 0) is 25.1 Å². The molecule has 21 heavy (non-hydrogen) atoms. The Morgan fingerprint density at radius 2 is 1.86 bits per heavy atom. The fraction of sp³-hybridized carbons (Fsp3) is 0.143. The first-order chi connectivity index (χ1) is 9.88. The summed E-state index contributed by atoms with van der Waals surface area (Å²) in [5.74, 6) is -0.292. The van der Waals surface area contributed by atoms with E-state index in [1.165, 1.54) is 6.07 Å². The van der Waals surface area contributed by atoms with Crippen LogP contribution in [0.15, 0.2) is 47.7 Å². The van der Waals surface area contributed by atoms with Crippen LogP contribution in [0.3, 0.4) is 0 Å². The number of nitrogens with zero attached hydrogens (tertiary/aromatic N) is 2. The van der Waals surface area contributed by atoms with Crippen molar-refractivity contribution in [3.8, 4) is 0 Å². The highest BCUT2D eigenvalue weighted by Crippen LogP contribution is 2.28. The van der Waals surface area contributed by atoms with Crippen LogP contribution in [-0.2, 0) is 6.18 Å². The first-order valence-electron chi connectivity index (χ1n) is 5.96. The van der Waals surface area contributed by atoms with Gasteiger partial charge in [0.1, 0.15) is 11.6 Å². The first-order valence-corrected chi connectivity index (χ1v) is 5.96. The molecular weight excluding hydrogens is 286 g/mol. The summed E-state index contributed by atoms with van der Waals surface area (Å²) < 4.78 is 50.6. The molecule has 1 heterocycles. The Bertz CT molecular complexity index is 648. The second kappa shape index (κ2) is 5.90. The monoisotopic (exact) mass is 297 g/mol.